The third kappa shape index (κ3) is 3.34. The normalized spacial score (nSPS) is 9.47. The van der Waals surface area contributed by atoms with Crippen LogP contribution in [0.3, 0.4) is 0 Å². The Labute approximate surface area is 102 Å². The average Bonchev–Trinajstić information content (AvgIpc) is 2.36. The Morgan fingerprint density at radius 3 is 2.18 bits per heavy atom. The van der Waals surface area contributed by atoms with Crippen LogP contribution in [-0.2, 0) is 0 Å². The first-order valence-corrected chi connectivity index (χ1v) is 5.73. The van der Waals surface area contributed by atoms with E-state index in [0.717, 1.165) is 11.4 Å². The molecule has 0 radical (unpaired) electrons. The van der Waals surface area contributed by atoms with Crippen LogP contribution in [-0.4, -0.2) is 9.97 Å². The molecule has 2 nitrogen and oxygen atoms in total. The van der Waals surface area contributed by atoms with Crippen LogP contribution < -0.4 is 0 Å². The molecule has 0 aliphatic rings. The van der Waals surface area contributed by atoms with Gasteiger partial charge in [-0.15, -0.1) is 0 Å². The highest BCUT2D eigenvalue weighted by molar-refractivity contribution is 5.58. The molecule has 0 bridgehead atoms. The van der Waals surface area contributed by atoms with Crippen molar-refractivity contribution >= 4 is 0 Å². The molecule has 90 valence electrons. The molecule has 0 aliphatic heterocycles. The van der Waals surface area contributed by atoms with Gasteiger partial charge in [0.25, 0.3) is 0 Å². The quantitative estimate of drug-likeness (QED) is 0.744. The summed E-state index contributed by atoms with van der Waals surface area (Å²) in [6.07, 6.45) is 1.64. The highest BCUT2D eigenvalue weighted by Crippen LogP contribution is 2.19. The molecule has 0 saturated carbocycles. The summed E-state index contributed by atoms with van der Waals surface area (Å²) in [6.45, 7) is 7.73. The zero-order valence-electron chi connectivity index (χ0n) is 10.7. The van der Waals surface area contributed by atoms with Gasteiger partial charge in [-0.2, -0.15) is 0 Å². The Bertz CT molecular complexity index is 478. The number of hydrogen-bond acceptors (Lipinski definition) is 2. The molecular weight excluding hydrogens is 215 g/mol. The molecule has 0 amide bonds. The zero-order chi connectivity index (χ0) is 12.8. The van der Waals surface area contributed by atoms with Crippen LogP contribution in [0.15, 0.2) is 30.5 Å². The van der Waals surface area contributed by atoms with E-state index in [-0.39, 0.29) is 5.82 Å². The fourth-order valence-electron chi connectivity index (χ4n) is 1.35. The highest BCUT2D eigenvalue weighted by atomic mass is 19.1. The van der Waals surface area contributed by atoms with Crippen LogP contribution in [0.1, 0.15) is 25.2 Å². The summed E-state index contributed by atoms with van der Waals surface area (Å²) >= 11 is 0. The highest BCUT2D eigenvalue weighted by Gasteiger charge is 2.06. The molecule has 0 N–H and O–H groups in total. The lowest BCUT2D eigenvalue weighted by Crippen LogP contribution is -1.92. The summed E-state index contributed by atoms with van der Waals surface area (Å²) in [5.74, 6) is -0.314. The Morgan fingerprint density at radius 1 is 0.941 bits per heavy atom. The lowest BCUT2D eigenvalue weighted by Gasteiger charge is -2.03. The van der Waals surface area contributed by atoms with Crippen molar-refractivity contribution in [1.29, 1.82) is 0 Å². The lowest BCUT2D eigenvalue weighted by atomic mass is 10.1. The summed E-state index contributed by atoms with van der Waals surface area (Å²) in [4.78, 5) is 8.28. The Balaban J connectivity index is 0.000000686. The summed E-state index contributed by atoms with van der Waals surface area (Å²) < 4.78 is 13.5. The molecule has 0 fully saturated rings. The molecule has 2 aromatic rings. The first kappa shape index (κ1) is 13.3. The van der Waals surface area contributed by atoms with Gasteiger partial charge < -0.3 is 0 Å². The van der Waals surface area contributed by atoms with Crippen molar-refractivity contribution in [3.8, 4) is 11.3 Å². The van der Waals surface area contributed by atoms with Crippen LogP contribution >= 0.6 is 0 Å². The maximum atomic E-state index is 13.5. The van der Waals surface area contributed by atoms with Crippen LogP contribution in [0.5, 0.6) is 0 Å². The van der Waals surface area contributed by atoms with Gasteiger partial charge in [0.05, 0.1) is 0 Å². The van der Waals surface area contributed by atoms with Gasteiger partial charge in [-0.05, 0) is 38.1 Å². The number of aromatic nitrogens is 2. The van der Waals surface area contributed by atoms with E-state index in [1.807, 2.05) is 39.8 Å². The van der Waals surface area contributed by atoms with Gasteiger partial charge in [0.2, 0.25) is 0 Å². The van der Waals surface area contributed by atoms with Gasteiger partial charge in [0, 0.05) is 23.1 Å². The summed E-state index contributed by atoms with van der Waals surface area (Å²) in [5.41, 5.74) is 2.78. The molecule has 17 heavy (non-hydrogen) atoms. The number of hydrogen-bond donors (Lipinski definition) is 0. The summed E-state index contributed by atoms with van der Waals surface area (Å²) in [7, 11) is 0. The van der Waals surface area contributed by atoms with Gasteiger partial charge in [0.1, 0.15) is 11.5 Å². The van der Waals surface area contributed by atoms with E-state index in [1.54, 1.807) is 12.3 Å². The van der Waals surface area contributed by atoms with E-state index in [9.17, 15) is 4.39 Å². The third-order valence-corrected chi connectivity index (χ3v) is 2.17. The second-order valence-electron chi connectivity index (χ2n) is 3.47. The van der Waals surface area contributed by atoms with E-state index in [4.69, 9.17) is 0 Å². The first-order chi connectivity index (χ1) is 8.16. The van der Waals surface area contributed by atoms with Gasteiger partial charge in [-0.1, -0.05) is 13.8 Å². The molecule has 2 aromatic heterocycles. The Morgan fingerprint density at radius 2 is 1.59 bits per heavy atom. The molecule has 2 rings (SSSR count). The molecular formula is C14H17FN2. The second kappa shape index (κ2) is 6.09. The summed E-state index contributed by atoms with van der Waals surface area (Å²) in [5, 5.41) is 0. The minimum absolute atomic E-state index is 0.314. The number of aryl methyl sites for hydroxylation is 2. The second-order valence-corrected chi connectivity index (χ2v) is 3.47. The van der Waals surface area contributed by atoms with Gasteiger partial charge in [-0.3, -0.25) is 4.98 Å². The van der Waals surface area contributed by atoms with E-state index >= 15 is 0 Å². The lowest BCUT2D eigenvalue weighted by molar-refractivity contribution is 0.624. The van der Waals surface area contributed by atoms with E-state index in [0.29, 0.717) is 11.3 Å². The topological polar surface area (TPSA) is 25.8 Å². The fraction of sp³-hybridized carbons (Fsp3) is 0.286. The summed E-state index contributed by atoms with van der Waals surface area (Å²) in [6, 6.07) is 6.75. The van der Waals surface area contributed by atoms with Crippen molar-refractivity contribution in [3.05, 3.63) is 47.7 Å². The van der Waals surface area contributed by atoms with Crippen molar-refractivity contribution in [1.82, 2.24) is 9.97 Å². The van der Waals surface area contributed by atoms with E-state index < -0.39 is 0 Å². The molecule has 3 heteroatoms. The molecule has 2 heterocycles. The van der Waals surface area contributed by atoms with E-state index in [2.05, 4.69) is 9.97 Å². The van der Waals surface area contributed by atoms with Crippen molar-refractivity contribution in [3.63, 3.8) is 0 Å². The average molecular weight is 232 g/mol. The van der Waals surface area contributed by atoms with E-state index in [1.165, 1.54) is 6.07 Å². The molecule has 0 saturated heterocycles. The smallest absolute Gasteiger partial charge is 0.149 e. The largest absolute Gasteiger partial charge is 0.261 e. The maximum Gasteiger partial charge on any atom is 0.149 e. The third-order valence-electron chi connectivity index (χ3n) is 2.17. The van der Waals surface area contributed by atoms with Crippen LogP contribution in [0.25, 0.3) is 11.3 Å². The Hall–Kier alpha value is -1.77. The zero-order valence-corrected chi connectivity index (χ0v) is 10.7. The van der Waals surface area contributed by atoms with Crippen LogP contribution in [0, 0.1) is 19.7 Å². The minimum atomic E-state index is -0.314. The fourth-order valence-corrected chi connectivity index (χ4v) is 1.35. The number of pyridine rings is 2. The first-order valence-electron chi connectivity index (χ1n) is 5.73. The van der Waals surface area contributed by atoms with Crippen molar-refractivity contribution in [2.24, 2.45) is 0 Å². The van der Waals surface area contributed by atoms with Gasteiger partial charge in [-0.25, -0.2) is 9.37 Å². The van der Waals surface area contributed by atoms with Gasteiger partial charge >= 0.3 is 0 Å². The minimum Gasteiger partial charge on any atom is -0.261 e. The van der Waals surface area contributed by atoms with Crippen molar-refractivity contribution < 1.29 is 4.39 Å². The van der Waals surface area contributed by atoms with Crippen molar-refractivity contribution in [2.75, 3.05) is 0 Å². The number of halogens is 1. The Kier molecular flexibility index (Phi) is 4.76. The molecule has 0 spiro atoms. The standard InChI is InChI=1S/C12H11FN2.C2H6/c1-8-3-5-10(7-14-8)12-11(13)6-4-9(2)15-12;1-2/h3-7H,1-2H3;1-2H3. The number of rotatable bonds is 1. The molecule has 0 atom stereocenters. The molecule has 0 aromatic carbocycles. The predicted molar refractivity (Wildman–Crippen MR) is 68.2 cm³/mol. The molecule has 0 unspecified atom stereocenters. The van der Waals surface area contributed by atoms with Crippen molar-refractivity contribution in [2.45, 2.75) is 27.7 Å². The van der Waals surface area contributed by atoms with Crippen LogP contribution in [0.2, 0.25) is 0 Å². The van der Waals surface area contributed by atoms with Crippen LogP contribution in [0.4, 0.5) is 4.39 Å². The van der Waals surface area contributed by atoms with Gasteiger partial charge in [0.15, 0.2) is 0 Å². The SMILES string of the molecule is CC.Cc1ccc(-c2nc(C)ccc2F)cn1. The number of nitrogens with zero attached hydrogens (tertiary/aromatic N) is 2. The molecule has 0 aliphatic carbocycles. The monoisotopic (exact) mass is 232 g/mol. The maximum absolute atomic E-state index is 13.5. The predicted octanol–water partition coefficient (Wildman–Crippen LogP) is 3.93.